The Bertz CT molecular complexity index is 509. The average Bonchev–Trinajstić information content (AvgIpc) is 2.25. The Labute approximate surface area is 122 Å². The second kappa shape index (κ2) is 5.38. The van der Waals surface area contributed by atoms with E-state index in [2.05, 4.69) is 42.2 Å². The molecule has 1 heterocycles. The van der Waals surface area contributed by atoms with Gasteiger partial charge in [0.1, 0.15) is 5.82 Å². The Morgan fingerprint density at radius 2 is 1.94 bits per heavy atom. The molecule has 0 aliphatic carbocycles. The fourth-order valence-corrected chi connectivity index (χ4v) is 2.55. The van der Waals surface area contributed by atoms with Gasteiger partial charge in [-0.25, -0.2) is 4.98 Å². The first-order valence-corrected chi connectivity index (χ1v) is 6.87. The highest BCUT2D eigenvalue weighted by Gasteiger charge is 2.05. The number of nitrogens with one attached hydrogen (secondary N) is 1. The molecule has 5 heteroatoms. The van der Waals surface area contributed by atoms with Crippen LogP contribution in [-0.4, -0.2) is 4.98 Å². The van der Waals surface area contributed by atoms with Crippen LogP contribution in [0.25, 0.3) is 0 Å². The zero-order chi connectivity index (χ0) is 12.4. The lowest BCUT2D eigenvalue weighted by atomic mass is 10.2. The normalized spacial score (nSPS) is 10.4. The van der Waals surface area contributed by atoms with Crippen molar-refractivity contribution >= 4 is 55.0 Å². The molecule has 17 heavy (non-hydrogen) atoms. The first kappa shape index (κ1) is 12.9. The molecule has 0 bridgehead atoms. The van der Waals surface area contributed by atoms with Crippen LogP contribution in [0.5, 0.6) is 0 Å². The lowest BCUT2D eigenvalue weighted by Gasteiger charge is -2.10. The number of benzene rings is 1. The first-order chi connectivity index (χ1) is 8.06. The maximum absolute atomic E-state index is 6.10. The zero-order valence-corrected chi connectivity index (χ0v) is 12.9. The fraction of sp³-hybridized carbons (Fsp3) is 0.0833. The monoisotopic (exact) mass is 374 g/mol. The second-order valence-corrected chi connectivity index (χ2v) is 5.81. The third-order valence-electron chi connectivity index (χ3n) is 2.25. The Hall–Kier alpha value is -0.580. The molecule has 0 saturated heterocycles. The molecule has 0 saturated carbocycles. The van der Waals surface area contributed by atoms with E-state index in [0.717, 1.165) is 20.2 Å². The van der Waals surface area contributed by atoms with Gasteiger partial charge in [0.2, 0.25) is 0 Å². The molecule has 0 aliphatic rings. The quantitative estimate of drug-likeness (QED) is 0.768. The third-order valence-corrected chi connectivity index (χ3v) is 3.46. The van der Waals surface area contributed by atoms with Crippen LogP contribution in [0.15, 0.2) is 39.4 Å². The van der Waals surface area contributed by atoms with Crippen molar-refractivity contribution in [2.45, 2.75) is 6.92 Å². The molecule has 0 unspecified atom stereocenters. The molecule has 0 radical (unpaired) electrons. The van der Waals surface area contributed by atoms with Gasteiger partial charge in [0.05, 0.1) is 5.02 Å². The van der Waals surface area contributed by atoms with Crippen molar-refractivity contribution in [3.8, 4) is 0 Å². The minimum Gasteiger partial charge on any atom is -0.339 e. The molecule has 1 aromatic heterocycles. The van der Waals surface area contributed by atoms with Crippen LogP contribution in [0, 0.1) is 6.92 Å². The molecule has 1 N–H and O–H groups in total. The van der Waals surface area contributed by atoms with Gasteiger partial charge in [-0.1, -0.05) is 27.5 Å². The Morgan fingerprint density at radius 1 is 1.18 bits per heavy atom. The van der Waals surface area contributed by atoms with E-state index in [1.807, 2.05) is 31.2 Å². The van der Waals surface area contributed by atoms with E-state index in [-0.39, 0.29) is 0 Å². The van der Waals surface area contributed by atoms with E-state index < -0.39 is 0 Å². The third kappa shape index (κ3) is 3.21. The summed E-state index contributed by atoms with van der Waals surface area (Å²) >= 11 is 12.9. The van der Waals surface area contributed by atoms with Crippen molar-refractivity contribution in [3.63, 3.8) is 0 Å². The largest absolute Gasteiger partial charge is 0.339 e. The Kier molecular flexibility index (Phi) is 4.07. The van der Waals surface area contributed by atoms with Gasteiger partial charge >= 0.3 is 0 Å². The summed E-state index contributed by atoms with van der Waals surface area (Å²) in [5, 5.41) is 3.80. The van der Waals surface area contributed by atoms with Crippen LogP contribution in [0.3, 0.4) is 0 Å². The van der Waals surface area contributed by atoms with Crippen molar-refractivity contribution in [1.82, 2.24) is 4.98 Å². The molecule has 0 atom stereocenters. The number of halogens is 3. The van der Waals surface area contributed by atoms with Gasteiger partial charge in [-0.15, -0.1) is 0 Å². The van der Waals surface area contributed by atoms with E-state index in [4.69, 9.17) is 11.6 Å². The molecule has 2 rings (SSSR count). The lowest BCUT2D eigenvalue weighted by molar-refractivity contribution is 1.28. The second-order valence-electron chi connectivity index (χ2n) is 3.57. The number of pyridine rings is 1. The van der Waals surface area contributed by atoms with Crippen molar-refractivity contribution in [1.29, 1.82) is 0 Å². The average molecular weight is 376 g/mol. The highest BCUT2D eigenvalue weighted by atomic mass is 79.9. The SMILES string of the molecule is Cc1cc(Br)ccc1Nc1ncc(Br)cc1Cl. The van der Waals surface area contributed by atoms with E-state index in [1.165, 1.54) is 0 Å². The number of nitrogens with zero attached hydrogens (tertiary/aromatic N) is 1. The fourth-order valence-electron chi connectivity index (χ4n) is 1.40. The van der Waals surface area contributed by atoms with Crippen LogP contribution >= 0.6 is 43.5 Å². The maximum Gasteiger partial charge on any atom is 0.149 e. The van der Waals surface area contributed by atoms with Crippen LogP contribution < -0.4 is 5.32 Å². The van der Waals surface area contributed by atoms with Gasteiger partial charge in [-0.3, -0.25) is 0 Å². The number of aryl methyl sites for hydroxylation is 1. The van der Waals surface area contributed by atoms with Crippen molar-refractivity contribution < 1.29 is 0 Å². The topological polar surface area (TPSA) is 24.9 Å². The van der Waals surface area contributed by atoms with E-state index in [1.54, 1.807) is 6.20 Å². The van der Waals surface area contributed by atoms with Gasteiger partial charge in [0.15, 0.2) is 0 Å². The minimum atomic E-state index is 0.585. The van der Waals surface area contributed by atoms with Gasteiger partial charge < -0.3 is 5.32 Å². The van der Waals surface area contributed by atoms with E-state index in [9.17, 15) is 0 Å². The molecular formula is C12H9Br2ClN2. The summed E-state index contributed by atoms with van der Waals surface area (Å²) < 4.78 is 1.91. The molecule has 88 valence electrons. The first-order valence-electron chi connectivity index (χ1n) is 4.90. The van der Waals surface area contributed by atoms with Crippen molar-refractivity contribution in [3.05, 3.63) is 50.0 Å². The minimum absolute atomic E-state index is 0.585. The van der Waals surface area contributed by atoms with Gasteiger partial charge in [-0.05, 0) is 52.7 Å². The Balaban J connectivity index is 2.31. The van der Waals surface area contributed by atoms with Gasteiger partial charge in [0, 0.05) is 20.8 Å². The van der Waals surface area contributed by atoms with Gasteiger partial charge in [0.25, 0.3) is 0 Å². The summed E-state index contributed by atoms with van der Waals surface area (Å²) in [6, 6.07) is 7.81. The smallest absolute Gasteiger partial charge is 0.149 e. The maximum atomic E-state index is 6.10. The molecule has 0 aliphatic heterocycles. The summed E-state index contributed by atoms with van der Waals surface area (Å²) in [5.74, 6) is 0.653. The molecule has 2 nitrogen and oxygen atoms in total. The molecule has 0 spiro atoms. The standard InChI is InChI=1S/C12H9Br2ClN2/c1-7-4-8(13)2-3-11(7)17-12-10(15)5-9(14)6-16-12/h2-6H,1H3,(H,16,17). The number of hydrogen-bond donors (Lipinski definition) is 1. The number of rotatable bonds is 2. The summed E-state index contributed by atoms with van der Waals surface area (Å²) in [5.41, 5.74) is 2.12. The predicted octanol–water partition coefficient (Wildman–Crippen LogP) is 5.31. The van der Waals surface area contributed by atoms with Crippen LogP contribution in [0.2, 0.25) is 5.02 Å². The van der Waals surface area contributed by atoms with E-state index in [0.29, 0.717) is 10.8 Å². The lowest BCUT2D eigenvalue weighted by Crippen LogP contribution is -1.96. The van der Waals surface area contributed by atoms with Crippen LogP contribution in [-0.2, 0) is 0 Å². The molecule has 1 aromatic carbocycles. The van der Waals surface area contributed by atoms with Crippen molar-refractivity contribution in [2.24, 2.45) is 0 Å². The summed E-state index contributed by atoms with van der Waals surface area (Å²) in [7, 11) is 0. The predicted molar refractivity (Wildman–Crippen MR) is 79.1 cm³/mol. The number of aromatic nitrogens is 1. The number of hydrogen-bond acceptors (Lipinski definition) is 2. The molecule has 0 fully saturated rings. The highest BCUT2D eigenvalue weighted by Crippen LogP contribution is 2.28. The van der Waals surface area contributed by atoms with Crippen molar-refractivity contribution in [2.75, 3.05) is 5.32 Å². The Morgan fingerprint density at radius 3 is 2.59 bits per heavy atom. The molecular weight excluding hydrogens is 367 g/mol. The summed E-state index contributed by atoms with van der Waals surface area (Å²) in [6.07, 6.45) is 1.71. The summed E-state index contributed by atoms with van der Waals surface area (Å²) in [6.45, 7) is 2.03. The zero-order valence-electron chi connectivity index (χ0n) is 8.97. The molecule has 2 aromatic rings. The number of anilines is 2. The summed E-state index contributed by atoms with van der Waals surface area (Å²) in [4.78, 5) is 4.23. The van der Waals surface area contributed by atoms with Crippen LogP contribution in [0.1, 0.15) is 5.56 Å². The highest BCUT2D eigenvalue weighted by molar-refractivity contribution is 9.10. The van der Waals surface area contributed by atoms with E-state index >= 15 is 0 Å². The van der Waals surface area contributed by atoms with Gasteiger partial charge in [-0.2, -0.15) is 0 Å². The van der Waals surface area contributed by atoms with Crippen LogP contribution in [0.4, 0.5) is 11.5 Å². The molecule has 0 amide bonds.